The molecule has 1 aromatic heterocycles. The molecule has 2 rings (SSSR count). The molecule has 20 heavy (non-hydrogen) atoms. The van der Waals surface area contributed by atoms with E-state index in [-0.39, 0.29) is 0 Å². The molecular weight excluding hydrogens is 296 g/mol. The molecule has 0 aromatic carbocycles. The third-order valence-corrected chi connectivity index (χ3v) is 4.70. The summed E-state index contributed by atoms with van der Waals surface area (Å²) in [6.45, 7) is 7.95. The summed E-state index contributed by atoms with van der Waals surface area (Å²) in [6, 6.07) is 1.78. The van der Waals surface area contributed by atoms with Crippen molar-refractivity contribution in [1.82, 2.24) is 4.98 Å². The molecule has 1 aromatic rings. The van der Waals surface area contributed by atoms with Gasteiger partial charge in [0.05, 0.1) is 27.7 Å². The monoisotopic (exact) mass is 315 g/mol. The van der Waals surface area contributed by atoms with Gasteiger partial charge in [-0.2, -0.15) is 0 Å². The molecule has 1 saturated heterocycles. The van der Waals surface area contributed by atoms with Gasteiger partial charge >= 0.3 is 7.12 Å². The highest BCUT2D eigenvalue weighted by atomic mass is 35.5. The second-order valence-electron chi connectivity index (χ2n) is 6.00. The van der Waals surface area contributed by atoms with Crippen molar-refractivity contribution in [2.24, 2.45) is 0 Å². The van der Waals surface area contributed by atoms with Gasteiger partial charge in [0.15, 0.2) is 0 Å². The van der Waals surface area contributed by atoms with Crippen LogP contribution in [0.1, 0.15) is 33.4 Å². The minimum absolute atomic E-state index is 0.358. The highest BCUT2D eigenvalue weighted by molar-refractivity contribution is 7.83. The van der Waals surface area contributed by atoms with Crippen molar-refractivity contribution in [3.05, 3.63) is 23.0 Å². The van der Waals surface area contributed by atoms with E-state index in [1.165, 1.54) is 0 Å². The van der Waals surface area contributed by atoms with Crippen LogP contribution in [0.5, 0.6) is 0 Å². The number of hydrogen-bond acceptors (Lipinski definition) is 4. The van der Waals surface area contributed by atoms with Crippen LogP contribution in [0.15, 0.2) is 12.3 Å². The fourth-order valence-corrected chi connectivity index (χ4v) is 2.76. The number of halogens is 1. The second-order valence-corrected chi connectivity index (χ2v) is 7.87. The molecule has 0 amide bonds. The highest BCUT2D eigenvalue weighted by Gasteiger charge is 2.52. The van der Waals surface area contributed by atoms with Crippen LogP contribution in [0.25, 0.3) is 0 Å². The molecule has 1 unspecified atom stereocenters. The molecule has 0 saturated carbocycles. The Kier molecular flexibility index (Phi) is 4.31. The van der Waals surface area contributed by atoms with E-state index in [4.69, 9.17) is 20.9 Å². The van der Waals surface area contributed by atoms with Gasteiger partial charge < -0.3 is 9.31 Å². The van der Waals surface area contributed by atoms with E-state index in [0.717, 1.165) is 5.46 Å². The molecule has 0 aliphatic carbocycles. The topological polar surface area (TPSA) is 48.4 Å². The summed E-state index contributed by atoms with van der Waals surface area (Å²) in [6.07, 6.45) is 3.20. The average molecular weight is 316 g/mol. The van der Waals surface area contributed by atoms with Crippen molar-refractivity contribution in [2.45, 2.75) is 44.6 Å². The molecule has 4 nitrogen and oxygen atoms in total. The Morgan fingerprint density at radius 1 is 1.30 bits per heavy atom. The third kappa shape index (κ3) is 3.08. The van der Waals surface area contributed by atoms with E-state index in [1.54, 1.807) is 18.5 Å². The first kappa shape index (κ1) is 16.0. The lowest BCUT2D eigenvalue weighted by Crippen LogP contribution is -2.41. The highest BCUT2D eigenvalue weighted by Crippen LogP contribution is 2.36. The number of hydrogen-bond donors (Lipinski definition) is 0. The van der Waals surface area contributed by atoms with Gasteiger partial charge in [0.2, 0.25) is 0 Å². The Balaban J connectivity index is 2.38. The lowest BCUT2D eigenvalue weighted by molar-refractivity contribution is 0.00578. The lowest BCUT2D eigenvalue weighted by atomic mass is 9.78. The molecule has 0 bridgehead atoms. The zero-order chi connectivity index (χ0) is 15.1. The van der Waals surface area contributed by atoms with Crippen molar-refractivity contribution in [3.8, 4) is 0 Å². The fourth-order valence-electron chi connectivity index (χ4n) is 1.97. The second kappa shape index (κ2) is 5.41. The first-order valence-corrected chi connectivity index (χ1v) is 8.53. The average Bonchev–Trinajstić information content (AvgIpc) is 2.50. The zero-order valence-electron chi connectivity index (χ0n) is 12.4. The van der Waals surface area contributed by atoms with Gasteiger partial charge in [-0.1, -0.05) is 11.6 Å². The van der Waals surface area contributed by atoms with Gasteiger partial charge in [-0.15, -0.1) is 0 Å². The van der Waals surface area contributed by atoms with Crippen LogP contribution in [0.3, 0.4) is 0 Å². The summed E-state index contributed by atoms with van der Waals surface area (Å²) in [4.78, 5) is 4.27. The van der Waals surface area contributed by atoms with Crippen LogP contribution in [-0.2, 0) is 25.9 Å². The van der Waals surface area contributed by atoms with Crippen LogP contribution in [0.2, 0.25) is 5.02 Å². The van der Waals surface area contributed by atoms with Gasteiger partial charge in [-0.3, -0.25) is 9.19 Å². The molecule has 0 spiro atoms. The molecule has 1 aliphatic rings. The minimum atomic E-state index is -0.989. The third-order valence-electron chi connectivity index (χ3n) is 3.82. The first-order valence-electron chi connectivity index (χ1n) is 6.42. The van der Waals surface area contributed by atoms with E-state index >= 15 is 0 Å². The van der Waals surface area contributed by atoms with E-state index in [2.05, 4.69) is 4.98 Å². The van der Waals surface area contributed by atoms with Crippen LogP contribution < -0.4 is 5.46 Å². The maximum atomic E-state index is 11.5. The Morgan fingerprint density at radius 3 is 2.35 bits per heavy atom. The SMILES string of the molecule is CS(=O)Cc1ncc(Cl)cc1B1OC(C)(C)C(C)(C)O1. The van der Waals surface area contributed by atoms with Crippen molar-refractivity contribution < 1.29 is 13.5 Å². The first-order chi connectivity index (χ1) is 9.12. The van der Waals surface area contributed by atoms with Gasteiger partial charge in [0.1, 0.15) is 0 Å². The summed E-state index contributed by atoms with van der Waals surface area (Å²) in [5.41, 5.74) is 0.602. The zero-order valence-corrected chi connectivity index (χ0v) is 14.0. The summed E-state index contributed by atoms with van der Waals surface area (Å²) in [5.74, 6) is 0.358. The molecule has 110 valence electrons. The fraction of sp³-hybridized carbons (Fsp3) is 0.615. The molecule has 1 atom stereocenters. The van der Waals surface area contributed by atoms with Gasteiger partial charge in [-0.25, -0.2) is 0 Å². The number of aromatic nitrogens is 1. The van der Waals surface area contributed by atoms with E-state index in [0.29, 0.717) is 16.5 Å². The Morgan fingerprint density at radius 2 is 1.85 bits per heavy atom. The smallest absolute Gasteiger partial charge is 0.399 e. The lowest BCUT2D eigenvalue weighted by Gasteiger charge is -2.32. The van der Waals surface area contributed by atoms with E-state index in [1.807, 2.05) is 27.7 Å². The molecule has 0 radical (unpaired) electrons. The van der Waals surface area contributed by atoms with E-state index in [9.17, 15) is 4.21 Å². The Hall–Kier alpha value is -0.425. The number of pyridine rings is 1. The van der Waals surface area contributed by atoms with Crippen molar-refractivity contribution in [2.75, 3.05) is 6.26 Å². The van der Waals surface area contributed by atoms with Crippen LogP contribution in [0, 0.1) is 0 Å². The van der Waals surface area contributed by atoms with Crippen molar-refractivity contribution in [1.29, 1.82) is 0 Å². The van der Waals surface area contributed by atoms with Crippen molar-refractivity contribution >= 4 is 35.0 Å². The maximum Gasteiger partial charge on any atom is 0.496 e. The Labute approximate surface area is 127 Å². The summed E-state index contributed by atoms with van der Waals surface area (Å²) < 4.78 is 23.5. The molecule has 1 fully saturated rings. The predicted molar refractivity (Wildman–Crippen MR) is 82.7 cm³/mol. The number of nitrogens with zero attached hydrogens (tertiary/aromatic N) is 1. The molecule has 1 aliphatic heterocycles. The summed E-state index contributed by atoms with van der Waals surface area (Å²) in [5, 5.41) is 0.514. The molecule has 7 heteroatoms. The molecule has 0 N–H and O–H groups in total. The van der Waals surface area contributed by atoms with Crippen LogP contribution in [0.4, 0.5) is 0 Å². The standard InChI is InChI=1S/C13H19BClNO3S/c1-12(2)13(3,4)19-14(18-12)10-6-9(15)7-16-11(10)8-20(5)17/h6-7H,8H2,1-5H3. The molecular formula is C13H19BClNO3S. The quantitative estimate of drug-likeness (QED) is 0.800. The predicted octanol–water partition coefficient (Wildman–Crippen LogP) is 1.91. The largest absolute Gasteiger partial charge is 0.496 e. The molecule has 2 heterocycles. The maximum absolute atomic E-state index is 11.5. The summed E-state index contributed by atoms with van der Waals surface area (Å²) >= 11 is 6.02. The van der Waals surface area contributed by atoms with E-state index < -0.39 is 29.1 Å². The Bertz CT molecular complexity index is 534. The van der Waals surface area contributed by atoms with Gasteiger partial charge in [0, 0.05) is 28.7 Å². The minimum Gasteiger partial charge on any atom is -0.399 e. The van der Waals surface area contributed by atoms with Crippen molar-refractivity contribution in [3.63, 3.8) is 0 Å². The van der Waals surface area contributed by atoms with Gasteiger partial charge in [-0.05, 0) is 33.8 Å². The van der Waals surface area contributed by atoms with Crippen LogP contribution >= 0.6 is 11.6 Å². The summed E-state index contributed by atoms with van der Waals surface area (Å²) in [7, 11) is -1.53. The normalized spacial score (nSPS) is 22.0. The van der Waals surface area contributed by atoms with Crippen LogP contribution in [-0.4, -0.2) is 33.8 Å². The number of rotatable bonds is 3. The van der Waals surface area contributed by atoms with Gasteiger partial charge in [0.25, 0.3) is 0 Å².